The van der Waals surface area contributed by atoms with Gasteiger partial charge in [0.2, 0.25) is 0 Å². The third kappa shape index (κ3) is 6.39. The molecule has 6 nitrogen and oxygen atoms in total. The number of ketones is 1. The quantitative estimate of drug-likeness (QED) is 0.542. The molecule has 3 rings (SSSR count). The Labute approximate surface area is 176 Å². The lowest BCUT2D eigenvalue weighted by Crippen LogP contribution is -2.19. The van der Waals surface area contributed by atoms with Gasteiger partial charge in [-0.15, -0.1) is 0 Å². The lowest BCUT2D eigenvalue weighted by Gasteiger charge is -2.14. The van der Waals surface area contributed by atoms with Crippen LogP contribution in [-0.4, -0.2) is 40.4 Å². The van der Waals surface area contributed by atoms with Crippen molar-refractivity contribution < 1.29 is 32.3 Å². The number of ether oxygens (including phenoxy) is 1. The Hall–Kier alpha value is -3.20. The van der Waals surface area contributed by atoms with Gasteiger partial charge >= 0.3 is 6.18 Å². The highest BCUT2D eigenvalue weighted by atomic mass is 19.4. The standard InChI is InChI=1S/C22H21F3N2O4/c1-14-20(11-27-31-14)16-4-2-15(3-5-16)8-18(29)9-17(12-28)21-7-6-19(10-26-21)30-13-22(23,24)25/h2-7,10-11,17,28H,8-9,12-13H2,1H3/t17-/m1/s1. The Morgan fingerprint density at radius 2 is 1.90 bits per heavy atom. The summed E-state index contributed by atoms with van der Waals surface area (Å²) < 4.78 is 46.3. The average molecular weight is 434 g/mol. The van der Waals surface area contributed by atoms with E-state index in [2.05, 4.69) is 14.9 Å². The normalized spacial score (nSPS) is 12.5. The average Bonchev–Trinajstić information content (AvgIpc) is 3.17. The third-order valence-corrected chi connectivity index (χ3v) is 4.69. The van der Waals surface area contributed by atoms with Crippen molar-refractivity contribution in [2.45, 2.75) is 31.9 Å². The van der Waals surface area contributed by atoms with Crippen molar-refractivity contribution in [1.29, 1.82) is 0 Å². The summed E-state index contributed by atoms with van der Waals surface area (Å²) in [5.41, 5.74) is 3.05. The summed E-state index contributed by atoms with van der Waals surface area (Å²) in [6.45, 7) is 0.0937. The number of rotatable bonds is 9. The van der Waals surface area contributed by atoms with Crippen LogP contribution in [0.15, 0.2) is 53.3 Å². The van der Waals surface area contributed by atoms with Gasteiger partial charge in [-0.05, 0) is 30.2 Å². The smallest absolute Gasteiger partial charge is 0.422 e. The van der Waals surface area contributed by atoms with Crippen LogP contribution in [-0.2, 0) is 11.2 Å². The summed E-state index contributed by atoms with van der Waals surface area (Å²) in [5, 5.41) is 13.4. The van der Waals surface area contributed by atoms with Crippen LogP contribution in [0.2, 0.25) is 0 Å². The number of benzene rings is 1. The molecule has 0 spiro atoms. The molecule has 0 fully saturated rings. The summed E-state index contributed by atoms with van der Waals surface area (Å²) in [6, 6.07) is 10.2. The number of aliphatic hydroxyl groups is 1. The van der Waals surface area contributed by atoms with Gasteiger partial charge in [0.05, 0.1) is 19.0 Å². The zero-order chi connectivity index (χ0) is 22.4. The van der Waals surface area contributed by atoms with E-state index in [4.69, 9.17) is 4.52 Å². The molecule has 2 heterocycles. The van der Waals surface area contributed by atoms with Crippen LogP contribution in [0, 0.1) is 6.92 Å². The van der Waals surface area contributed by atoms with Crippen LogP contribution in [0.1, 0.15) is 29.4 Å². The Bertz CT molecular complexity index is 999. The van der Waals surface area contributed by atoms with Crippen LogP contribution >= 0.6 is 0 Å². The number of carbonyl (C=O) groups is 1. The van der Waals surface area contributed by atoms with Gasteiger partial charge in [0.1, 0.15) is 17.3 Å². The number of aromatic nitrogens is 2. The van der Waals surface area contributed by atoms with Crippen molar-refractivity contribution in [1.82, 2.24) is 10.1 Å². The van der Waals surface area contributed by atoms with Crippen molar-refractivity contribution in [3.63, 3.8) is 0 Å². The highest BCUT2D eigenvalue weighted by Crippen LogP contribution is 2.25. The van der Waals surface area contributed by atoms with E-state index in [1.54, 1.807) is 6.20 Å². The van der Waals surface area contributed by atoms with Gasteiger partial charge in [0.25, 0.3) is 0 Å². The number of pyridine rings is 1. The molecule has 0 aliphatic rings. The van der Waals surface area contributed by atoms with E-state index in [1.807, 2.05) is 31.2 Å². The lowest BCUT2D eigenvalue weighted by atomic mass is 9.95. The van der Waals surface area contributed by atoms with Gasteiger partial charge < -0.3 is 14.4 Å². The van der Waals surface area contributed by atoms with Crippen LogP contribution in [0.5, 0.6) is 5.75 Å². The minimum Gasteiger partial charge on any atom is -0.483 e. The first kappa shape index (κ1) is 22.5. The molecule has 31 heavy (non-hydrogen) atoms. The number of Topliss-reactive ketones (excluding diaryl/α,β-unsaturated/α-hetero) is 1. The Kier molecular flexibility index (Phi) is 7.06. The van der Waals surface area contributed by atoms with E-state index in [1.165, 1.54) is 12.1 Å². The van der Waals surface area contributed by atoms with Gasteiger partial charge in [0.15, 0.2) is 6.61 Å². The molecule has 0 saturated heterocycles. The zero-order valence-corrected chi connectivity index (χ0v) is 16.7. The molecule has 1 aromatic carbocycles. The molecule has 0 aliphatic heterocycles. The van der Waals surface area contributed by atoms with Crippen LogP contribution in [0.4, 0.5) is 13.2 Å². The summed E-state index contributed by atoms with van der Waals surface area (Å²) in [4.78, 5) is 16.5. The van der Waals surface area contributed by atoms with Crippen LogP contribution in [0.3, 0.4) is 0 Å². The number of aryl methyl sites for hydroxylation is 1. The fourth-order valence-corrected chi connectivity index (χ4v) is 3.10. The lowest BCUT2D eigenvalue weighted by molar-refractivity contribution is -0.153. The maximum atomic E-state index is 12.5. The van der Waals surface area contributed by atoms with Crippen molar-refractivity contribution in [3.05, 3.63) is 65.8 Å². The van der Waals surface area contributed by atoms with Gasteiger partial charge in [0, 0.05) is 30.0 Å². The molecule has 9 heteroatoms. The predicted octanol–water partition coefficient (Wildman–Crippen LogP) is 4.26. The molecule has 0 saturated carbocycles. The second kappa shape index (κ2) is 9.74. The minimum atomic E-state index is -4.44. The molecule has 0 amide bonds. The SMILES string of the molecule is Cc1oncc1-c1ccc(CC(=O)C[C@H](CO)c2ccc(OCC(F)(F)F)cn2)cc1. The monoisotopic (exact) mass is 434 g/mol. The molecule has 0 unspecified atom stereocenters. The number of alkyl halides is 3. The highest BCUT2D eigenvalue weighted by molar-refractivity contribution is 5.82. The Morgan fingerprint density at radius 3 is 2.45 bits per heavy atom. The first-order chi connectivity index (χ1) is 14.7. The van der Waals surface area contributed by atoms with Crippen molar-refractivity contribution >= 4 is 5.78 Å². The van der Waals surface area contributed by atoms with E-state index in [0.717, 1.165) is 22.9 Å². The molecule has 1 atom stereocenters. The molecule has 0 radical (unpaired) electrons. The number of halogens is 3. The maximum absolute atomic E-state index is 12.5. The first-order valence-corrected chi connectivity index (χ1v) is 9.54. The maximum Gasteiger partial charge on any atom is 0.422 e. The molecular formula is C22H21F3N2O4. The highest BCUT2D eigenvalue weighted by Gasteiger charge is 2.28. The van der Waals surface area contributed by atoms with Gasteiger partial charge in [-0.2, -0.15) is 13.2 Å². The second-order valence-corrected chi connectivity index (χ2v) is 7.11. The summed E-state index contributed by atoms with van der Waals surface area (Å²) >= 11 is 0. The molecule has 0 bridgehead atoms. The van der Waals surface area contributed by atoms with Crippen molar-refractivity contribution in [2.24, 2.45) is 0 Å². The first-order valence-electron chi connectivity index (χ1n) is 9.54. The predicted molar refractivity (Wildman–Crippen MR) is 106 cm³/mol. The molecular weight excluding hydrogens is 413 g/mol. The van der Waals surface area contributed by atoms with Crippen LogP contribution < -0.4 is 4.74 Å². The number of nitrogens with zero attached hydrogens (tertiary/aromatic N) is 2. The van der Waals surface area contributed by atoms with E-state index in [9.17, 15) is 23.1 Å². The molecule has 3 aromatic rings. The molecule has 0 aliphatic carbocycles. The minimum absolute atomic E-state index is 0.0350. The topological polar surface area (TPSA) is 85.5 Å². The fourth-order valence-electron chi connectivity index (χ4n) is 3.10. The molecule has 1 N–H and O–H groups in total. The Balaban J connectivity index is 1.57. The second-order valence-electron chi connectivity index (χ2n) is 7.11. The van der Waals surface area contributed by atoms with E-state index in [0.29, 0.717) is 11.5 Å². The summed E-state index contributed by atoms with van der Waals surface area (Å²) in [6.07, 6.45) is -1.41. The van der Waals surface area contributed by atoms with E-state index >= 15 is 0 Å². The van der Waals surface area contributed by atoms with E-state index in [-0.39, 0.29) is 31.0 Å². The van der Waals surface area contributed by atoms with Gasteiger partial charge in [-0.1, -0.05) is 29.4 Å². The third-order valence-electron chi connectivity index (χ3n) is 4.69. The van der Waals surface area contributed by atoms with Crippen LogP contribution in [0.25, 0.3) is 11.1 Å². The largest absolute Gasteiger partial charge is 0.483 e. The number of hydrogen-bond acceptors (Lipinski definition) is 6. The Morgan fingerprint density at radius 1 is 1.16 bits per heavy atom. The van der Waals surface area contributed by atoms with Crippen molar-refractivity contribution in [2.75, 3.05) is 13.2 Å². The molecule has 2 aromatic heterocycles. The van der Waals surface area contributed by atoms with E-state index < -0.39 is 18.7 Å². The summed E-state index contributed by atoms with van der Waals surface area (Å²) in [5.74, 6) is 0.0272. The fraction of sp³-hybridized carbons (Fsp3) is 0.318. The van der Waals surface area contributed by atoms with Gasteiger partial charge in [-0.25, -0.2) is 0 Å². The number of aliphatic hydroxyl groups excluding tert-OH is 1. The molecule has 164 valence electrons. The number of carbonyl (C=O) groups excluding carboxylic acids is 1. The zero-order valence-electron chi connectivity index (χ0n) is 16.7. The van der Waals surface area contributed by atoms with Crippen molar-refractivity contribution in [3.8, 4) is 16.9 Å². The number of hydrogen-bond donors (Lipinski definition) is 1. The summed E-state index contributed by atoms with van der Waals surface area (Å²) in [7, 11) is 0. The van der Waals surface area contributed by atoms with Gasteiger partial charge in [-0.3, -0.25) is 9.78 Å².